The van der Waals surface area contributed by atoms with Gasteiger partial charge in [-0.25, -0.2) is 0 Å². The second-order valence-corrected chi connectivity index (χ2v) is 4.93. The molecule has 1 amide bonds. The standard InChI is InChI=1S/C17H14F3N3O/c18-17(19,20)13-6-2-4-8-15(13)22-10-9-16(24)23-14-7-3-1-5-12(14)11-21/h1-8,22H,9-10H2,(H,23,24). The lowest BCUT2D eigenvalue weighted by Gasteiger charge is -2.14. The Kier molecular flexibility index (Phi) is 5.42. The predicted octanol–water partition coefficient (Wildman–Crippen LogP) is 4.02. The molecule has 2 N–H and O–H groups in total. The third-order valence-electron chi connectivity index (χ3n) is 3.22. The van der Waals surface area contributed by atoms with Gasteiger partial charge in [0, 0.05) is 18.7 Å². The number of hydrogen-bond acceptors (Lipinski definition) is 3. The van der Waals surface area contributed by atoms with Crippen LogP contribution < -0.4 is 10.6 Å². The van der Waals surface area contributed by atoms with Crippen molar-refractivity contribution >= 4 is 17.3 Å². The zero-order valence-corrected chi connectivity index (χ0v) is 12.5. The number of para-hydroxylation sites is 2. The number of halogens is 3. The number of nitriles is 1. The highest BCUT2D eigenvalue weighted by Crippen LogP contribution is 2.34. The Morgan fingerprint density at radius 3 is 2.33 bits per heavy atom. The molecular formula is C17H14F3N3O. The second kappa shape index (κ2) is 7.51. The molecule has 2 aromatic rings. The fourth-order valence-corrected chi connectivity index (χ4v) is 2.10. The SMILES string of the molecule is N#Cc1ccccc1NC(=O)CCNc1ccccc1C(F)(F)F. The van der Waals surface area contributed by atoms with Crippen LogP contribution in [0.4, 0.5) is 24.5 Å². The quantitative estimate of drug-likeness (QED) is 0.869. The Morgan fingerprint density at radius 1 is 1.04 bits per heavy atom. The molecule has 0 unspecified atom stereocenters. The molecule has 0 heterocycles. The maximum Gasteiger partial charge on any atom is 0.418 e. The van der Waals surface area contributed by atoms with Gasteiger partial charge in [-0.2, -0.15) is 18.4 Å². The molecule has 0 aromatic heterocycles. The van der Waals surface area contributed by atoms with Gasteiger partial charge < -0.3 is 10.6 Å². The van der Waals surface area contributed by atoms with Gasteiger partial charge in [0.25, 0.3) is 0 Å². The summed E-state index contributed by atoms with van der Waals surface area (Å²) < 4.78 is 38.6. The van der Waals surface area contributed by atoms with Crippen molar-refractivity contribution in [1.82, 2.24) is 0 Å². The Morgan fingerprint density at radius 2 is 1.67 bits per heavy atom. The molecule has 0 bridgehead atoms. The summed E-state index contributed by atoms with van der Waals surface area (Å²) in [5.41, 5.74) is -0.155. The molecule has 0 saturated heterocycles. The zero-order chi connectivity index (χ0) is 17.6. The Bertz CT molecular complexity index is 766. The Balaban J connectivity index is 1.93. The molecule has 0 aliphatic rings. The highest BCUT2D eigenvalue weighted by atomic mass is 19.4. The van der Waals surface area contributed by atoms with E-state index in [1.807, 2.05) is 6.07 Å². The Labute approximate surface area is 136 Å². The molecule has 2 aromatic carbocycles. The summed E-state index contributed by atoms with van der Waals surface area (Å²) in [5.74, 6) is -0.394. The molecule has 7 heteroatoms. The average Bonchev–Trinajstić information content (AvgIpc) is 2.55. The first kappa shape index (κ1) is 17.3. The number of hydrogen-bond donors (Lipinski definition) is 2. The summed E-state index contributed by atoms with van der Waals surface area (Å²) in [6, 6.07) is 13.5. The first-order valence-electron chi connectivity index (χ1n) is 7.11. The van der Waals surface area contributed by atoms with Crippen LogP contribution in [-0.4, -0.2) is 12.5 Å². The van der Waals surface area contributed by atoms with E-state index in [4.69, 9.17) is 5.26 Å². The third kappa shape index (κ3) is 4.49. The number of rotatable bonds is 5. The van der Waals surface area contributed by atoms with Gasteiger partial charge in [-0.3, -0.25) is 4.79 Å². The van der Waals surface area contributed by atoms with Gasteiger partial charge >= 0.3 is 6.18 Å². The average molecular weight is 333 g/mol. The number of anilines is 2. The van der Waals surface area contributed by atoms with E-state index in [9.17, 15) is 18.0 Å². The van der Waals surface area contributed by atoms with Crippen LogP contribution in [-0.2, 0) is 11.0 Å². The largest absolute Gasteiger partial charge is 0.418 e. The lowest BCUT2D eigenvalue weighted by atomic mass is 10.1. The first-order valence-corrected chi connectivity index (χ1v) is 7.11. The summed E-state index contributed by atoms with van der Waals surface area (Å²) in [6.45, 7) is 0.0354. The van der Waals surface area contributed by atoms with Gasteiger partial charge in [0.05, 0.1) is 16.8 Å². The molecule has 0 atom stereocenters. The fourth-order valence-electron chi connectivity index (χ4n) is 2.10. The lowest BCUT2D eigenvalue weighted by Crippen LogP contribution is -2.18. The lowest BCUT2D eigenvalue weighted by molar-refractivity contribution is -0.137. The van der Waals surface area contributed by atoms with E-state index in [0.717, 1.165) is 6.07 Å². The molecule has 2 rings (SSSR count). The number of nitrogens with one attached hydrogen (secondary N) is 2. The fraction of sp³-hybridized carbons (Fsp3) is 0.176. The molecule has 0 spiro atoms. The monoisotopic (exact) mass is 333 g/mol. The maximum absolute atomic E-state index is 12.9. The highest BCUT2D eigenvalue weighted by molar-refractivity contribution is 5.92. The smallest absolute Gasteiger partial charge is 0.384 e. The van der Waals surface area contributed by atoms with Crippen LogP contribution in [0.1, 0.15) is 17.5 Å². The van der Waals surface area contributed by atoms with Crippen molar-refractivity contribution in [3.05, 3.63) is 59.7 Å². The van der Waals surface area contributed by atoms with Gasteiger partial charge in [-0.1, -0.05) is 24.3 Å². The highest BCUT2D eigenvalue weighted by Gasteiger charge is 2.33. The summed E-state index contributed by atoms with van der Waals surface area (Å²) >= 11 is 0. The van der Waals surface area contributed by atoms with E-state index in [-0.39, 0.29) is 18.7 Å². The number of benzene rings is 2. The first-order chi connectivity index (χ1) is 11.4. The van der Waals surface area contributed by atoms with E-state index in [2.05, 4.69) is 10.6 Å². The van der Waals surface area contributed by atoms with Gasteiger partial charge in [-0.15, -0.1) is 0 Å². The summed E-state index contributed by atoms with van der Waals surface area (Å²) in [6.07, 6.45) is -4.50. The molecule has 124 valence electrons. The van der Waals surface area contributed by atoms with Crippen molar-refractivity contribution in [2.45, 2.75) is 12.6 Å². The minimum absolute atomic E-state index is 0.0354. The summed E-state index contributed by atoms with van der Waals surface area (Å²) in [4.78, 5) is 11.9. The molecule has 4 nitrogen and oxygen atoms in total. The molecule has 0 radical (unpaired) electrons. The summed E-state index contributed by atoms with van der Waals surface area (Å²) in [7, 11) is 0. The third-order valence-corrected chi connectivity index (χ3v) is 3.22. The van der Waals surface area contributed by atoms with E-state index in [1.54, 1.807) is 24.3 Å². The van der Waals surface area contributed by atoms with Gasteiger partial charge in [0.15, 0.2) is 0 Å². The van der Waals surface area contributed by atoms with Crippen LogP contribution in [0.5, 0.6) is 0 Å². The van der Waals surface area contributed by atoms with Crippen LogP contribution in [0.15, 0.2) is 48.5 Å². The van der Waals surface area contributed by atoms with E-state index < -0.39 is 17.6 Å². The number of amides is 1. The molecule has 0 fully saturated rings. The van der Waals surface area contributed by atoms with Crippen LogP contribution in [0, 0.1) is 11.3 Å². The van der Waals surface area contributed by atoms with E-state index >= 15 is 0 Å². The predicted molar refractivity (Wildman–Crippen MR) is 84.3 cm³/mol. The van der Waals surface area contributed by atoms with Gasteiger partial charge in [0.2, 0.25) is 5.91 Å². The minimum atomic E-state index is -4.46. The second-order valence-electron chi connectivity index (χ2n) is 4.93. The molecule has 0 saturated carbocycles. The number of alkyl halides is 3. The molecule has 0 aliphatic carbocycles. The van der Waals surface area contributed by atoms with Crippen molar-refractivity contribution in [2.24, 2.45) is 0 Å². The van der Waals surface area contributed by atoms with Crippen molar-refractivity contribution in [2.75, 3.05) is 17.2 Å². The van der Waals surface area contributed by atoms with E-state index in [0.29, 0.717) is 11.3 Å². The van der Waals surface area contributed by atoms with Gasteiger partial charge in [0.1, 0.15) is 6.07 Å². The topological polar surface area (TPSA) is 64.9 Å². The van der Waals surface area contributed by atoms with Crippen molar-refractivity contribution in [3.8, 4) is 6.07 Å². The zero-order valence-electron chi connectivity index (χ0n) is 12.5. The number of nitrogens with zero attached hydrogens (tertiary/aromatic N) is 1. The normalized spacial score (nSPS) is 10.8. The summed E-state index contributed by atoms with van der Waals surface area (Å²) in [5, 5.41) is 14.1. The number of carbonyl (C=O) groups excluding carboxylic acids is 1. The maximum atomic E-state index is 12.9. The van der Waals surface area contributed by atoms with Crippen LogP contribution >= 0.6 is 0 Å². The van der Waals surface area contributed by atoms with Gasteiger partial charge in [-0.05, 0) is 24.3 Å². The van der Waals surface area contributed by atoms with Crippen molar-refractivity contribution in [3.63, 3.8) is 0 Å². The van der Waals surface area contributed by atoms with Crippen molar-refractivity contribution < 1.29 is 18.0 Å². The Hall–Kier alpha value is -3.01. The van der Waals surface area contributed by atoms with Crippen LogP contribution in [0.2, 0.25) is 0 Å². The van der Waals surface area contributed by atoms with Crippen LogP contribution in [0.3, 0.4) is 0 Å². The number of carbonyl (C=O) groups is 1. The van der Waals surface area contributed by atoms with E-state index in [1.165, 1.54) is 18.2 Å². The molecule has 0 aliphatic heterocycles. The van der Waals surface area contributed by atoms with Crippen molar-refractivity contribution in [1.29, 1.82) is 5.26 Å². The molecular weight excluding hydrogens is 319 g/mol. The van der Waals surface area contributed by atoms with Crippen LogP contribution in [0.25, 0.3) is 0 Å². The molecule has 24 heavy (non-hydrogen) atoms. The minimum Gasteiger partial charge on any atom is -0.384 e.